The number of phenolic OH excluding ortho intramolecular Hbond substituents is 1. The van der Waals surface area contributed by atoms with Crippen molar-refractivity contribution in [2.45, 2.75) is 46.3 Å². The summed E-state index contributed by atoms with van der Waals surface area (Å²) in [4.78, 5) is 42.0. The highest BCUT2D eigenvalue weighted by Gasteiger charge is 2.21. The number of nitrogens with one attached hydrogen (secondary N) is 1. The molecule has 0 unspecified atom stereocenters. The van der Waals surface area contributed by atoms with Gasteiger partial charge in [0, 0.05) is 36.7 Å². The van der Waals surface area contributed by atoms with Crippen LogP contribution in [0.25, 0.3) is 11.0 Å². The Labute approximate surface area is 201 Å². The number of benzene rings is 2. The number of rotatable bonds is 8. The van der Waals surface area contributed by atoms with Gasteiger partial charge in [0.25, 0.3) is 5.56 Å². The van der Waals surface area contributed by atoms with E-state index in [0.717, 1.165) is 18.4 Å². The lowest BCUT2D eigenvalue weighted by Gasteiger charge is -2.27. The van der Waals surface area contributed by atoms with Gasteiger partial charge >= 0.3 is 11.3 Å². The van der Waals surface area contributed by atoms with Crippen LogP contribution in [0, 0.1) is 6.92 Å². The highest BCUT2D eigenvalue weighted by molar-refractivity contribution is 5.85. The first-order valence-electron chi connectivity index (χ1n) is 11.5. The first kappa shape index (κ1) is 23.9. The van der Waals surface area contributed by atoms with Crippen molar-refractivity contribution < 1.29 is 9.52 Å². The molecule has 0 radical (unpaired) electrons. The van der Waals surface area contributed by atoms with E-state index < -0.39 is 16.9 Å². The Hall–Kier alpha value is -4.27. The van der Waals surface area contributed by atoms with Gasteiger partial charge in [0.05, 0.1) is 0 Å². The molecule has 2 aromatic carbocycles. The quantitative estimate of drug-likeness (QED) is 0.332. The van der Waals surface area contributed by atoms with Crippen molar-refractivity contribution in [2.24, 2.45) is 0 Å². The van der Waals surface area contributed by atoms with Crippen molar-refractivity contribution >= 4 is 22.5 Å². The van der Waals surface area contributed by atoms with Gasteiger partial charge in [-0.15, -0.1) is 0 Å². The SMILES string of the molecule is CCCCn1c(N)c(N(Cc2ccccc2)Cc2cc(=O)oc3c(C)c(O)ccc23)c(=O)[nH]c1=O. The maximum absolute atomic E-state index is 13.0. The summed E-state index contributed by atoms with van der Waals surface area (Å²) in [7, 11) is 0. The van der Waals surface area contributed by atoms with E-state index in [0.29, 0.717) is 29.6 Å². The summed E-state index contributed by atoms with van der Waals surface area (Å²) in [6.07, 6.45) is 1.58. The van der Waals surface area contributed by atoms with Crippen LogP contribution in [-0.2, 0) is 19.6 Å². The van der Waals surface area contributed by atoms with Gasteiger partial charge in [-0.05, 0) is 36.6 Å². The molecule has 2 aromatic heterocycles. The molecule has 4 aromatic rings. The van der Waals surface area contributed by atoms with E-state index in [4.69, 9.17) is 10.2 Å². The predicted molar refractivity (Wildman–Crippen MR) is 136 cm³/mol. The second-order valence-electron chi connectivity index (χ2n) is 8.52. The molecule has 9 nitrogen and oxygen atoms in total. The zero-order valence-electron chi connectivity index (χ0n) is 19.7. The molecule has 0 amide bonds. The number of hydrogen-bond acceptors (Lipinski definition) is 7. The summed E-state index contributed by atoms with van der Waals surface area (Å²) in [6, 6.07) is 14.1. The number of unbranched alkanes of at least 4 members (excludes halogenated alkanes) is 1. The number of phenols is 1. The monoisotopic (exact) mass is 476 g/mol. The molecular formula is C26H28N4O5. The van der Waals surface area contributed by atoms with Gasteiger partial charge in [-0.1, -0.05) is 43.7 Å². The Morgan fingerprint density at radius 3 is 2.54 bits per heavy atom. The molecule has 2 heterocycles. The van der Waals surface area contributed by atoms with Crippen LogP contribution in [0.2, 0.25) is 0 Å². The molecule has 0 aliphatic heterocycles. The van der Waals surface area contributed by atoms with E-state index in [1.54, 1.807) is 17.9 Å². The third kappa shape index (κ3) is 4.84. The molecule has 0 aliphatic carbocycles. The van der Waals surface area contributed by atoms with Crippen LogP contribution in [0.4, 0.5) is 11.5 Å². The van der Waals surface area contributed by atoms with E-state index in [1.165, 1.54) is 16.7 Å². The fourth-order valence-corrected chi connectivity index (χ4v) is 4.19. The number of anilines is 2. The molecule has 0 aliphatic rings. The summed E-state index contributed by atoms with van der Waals surface area (Å²) in [5, 5.41) is 10.7. The molecule has 182 valence electrons. The predicted octanol–water partition coefficient (Wildman–Crippen LogP) is 3.25. The van der Waals surface area contributed by atoms with Gasteiger partial charge in [-0.3, -0.25) is 14.3 Å². The summed E-state index contributed by atoms with van der Waals surface area (Å²) >= 11 is 0. The van der Waals surface area contributed by atoms with Crippen LogP contribution in [0.5, 0.6) is 5.75 Å². The lowest BCUT2D eigenvalue weighted by molar-refractivity contribution is 0.468. The summed E-state index contributed by atoms with van der Waals surface area (Å²) in [5.41, 5.74) is 7.07. The number of aromatic nitrogens is 2. The molecule has 4 rings (SSSR count). The lowest BCUT2D eigenvalue weighted by atomic mass is 10.1. The molecule has 0 saturated carbocycles. The van der Waals surface area contributed by atoms with Crippen molar-refractivity contribution in [3.8, 4) is 5.75 Å². The average molecular weight is 477 g/mol. The first-order chi connectivity index (χ1) is 16.8. The van der Waals surface area contributed by atoms with Crippen LogP contribution in [-0.4, -0.2) is 14.7 Å². The number of aromatic hydroxyl groups is 1. The molecule has 4 N–H and O–H groups in total. The van der Waals surface area contributed by atoms with Crippen LogP contribution < -0.4 is 27.5 Å². The second kappa shape index (κ2) is 9.92. The molecule has 35 heavy (non-hydrogen) atoms. The number of fused-ring (bicyclic) bond motifs is 1. The molecule has 0 spiro atoms. The van der Waals surface area contributed by atoms with Crippen molar-refractivity contribution in [1.82, 2.24) is 9.55 Å². The van der Waals surface area contributed by atoms with Crippen molar-refractivity contribution in [1.29, 1.82) is 0 Å². The number of aryl methyl sites for hydroxylation is 1. The largest absolute Gasteiger partial charge is 0.508 e. The Morgan fingerprint density at radius 2 is 1.83 bits per heavy atom. The Kier molecular flexibility index (Phi) is 6.77. The first-order valence-corrected chi connectivity index (χ1v) is 11.5. The van der Waals surface area contributed by atoms with E-state index in [1.807, 2.05) is 37.3 Å². The van der Waals surface area contributed by atoms with Gasteiger partial charge < -0.3 is 20.2 Å². The number of nitrogen functional groups attached to an aromatic ring is 1. The van der Waals surface area contributed by atoms with Crippen LogP contribution in [0.3, 0.4) is 0 Å². The van der Waals surface area contributed by atoms with Crippen LogP contribution >= 0.6 is 0 Å². The summed E-state index contributed by atoms with van der Waals surface area (Å²) < 4.78 is 6.75. The minimum atomic E-state index is -0.600. The van der Waals surface area contributed by atoms with Crippen LogP contribution in [0.1, 0.15) is 36.5 Å². The molecule has 0 fully saturated rings. The second-order valence-corrected chi connectivity index (χ2v) is 8.52. The van der Waals surface area contributed by atoms with Crippen molar-refractivity contribution in [3.63, 3.8) is 0 Å². The average Bonchev–Trinajstić information content (AvgIpc) is 2.82. The number of nitrogens with two attached hydrogens (primary N) is 1. The molecule has 9 heteroatoms. The zero-order chi connectivity index (χ0) is 25.1. The normalized spacial score (nSPS) is 11.1. The fourth-order valence-electron chi connectivity index (χ4n) is 4.19. The van der Waals surface area contributed by atoms with E-state index in [-0.39, 0.29) is 29.4 Å². The van der Waals surface area contributed by atoms with E-state index in [2.05, 4.69) is 4.98 Å². The van der Waals surface area contributed by atoms with E-state index >= 15 is 0 Å². The maximum Gasteiger partial charge on any atom is 0.336 e. The Bertz CT molecular complexity index is 1540. The Balaban J connectivity index is 1.89. The third-order valence-electron chi connectivity index (χ3n) is 6.06. The van der Waals surface area contributed by atoms with Crippen LogP contribution in [0.15, 0.2) is 67.3 Å². The van der Waals surface area contributed by atoms with Gasteiger partial charge in [-0.2, -0.15) is 0 Å². The van der Waals surface area contributed by atoms with Crippen molar-refractivity contribution in [3.05, 3.63) is 96.5 Å². The number of hydrogen-bond donors (Lipinski definition) is 3. The fraction of sp³-hybridized carbons (Fsp3) is 0.269. The topological polar surface area (TPSA) is 135 Å². The molecule has 0 bridgehead atoms. The molecule has 0 atom stereocenters. The van der Waals surface area contributed by atoms with Crippen molar-refractivity contribution in [2.75, 3.05) is 10.6 Å². The summed E-state index contributed by atoms with van der Waals surface area (Å²) in [6.45, 7) is 4.49. The van der Waals surface area contributed by atoms with Gasteiger partial charge in [0.15, 0.2) is 0 Å². The number of H-pyrrole nitrogens is 1. The Morgan fingerprint density at radius 1 is 1.09 bits per heavy atom. The maximum atomic E-state index is 13.0. The highest BCUT2D eigenvalue weighted by Crippen LogP contribution is 2.29. The van der Waals surface area contributed by atoms with Gasteiger partial charge in [0.1, 0.15) is 22.8 Å². The molecule has 0 saturated heterocycles. The number of nitrogens with zero attached hydrogens (tertiary/aromatic N) is 2. The molecular weight excluding hydrogens is 448 g/mol. The highest BCUT2D eigenvalue weighted by atomic mass is 16.4. The van der Waals surface area contributed by atoms with Gasteiger partial charge in [0.2, 0.25) is 0 Å². The smallest absolute Gasteiger partial charge is 0.336 e. The minimum Gasteiger partial charge on any atom is -0.508 e. The third-order valence-corrected chi connectivity index (χ3v) is 6.06. The standard InChI is InChI=1S/C26H28N4O5/c1-3-4-12-30-24(27)22(25(33)28-26(30)34)29(14-17-8-6-5-7-9-17)15-18-13-21(32)35-23-16(2)20(31)11-10-19(18)23/h5-11,13,31H,3-4,12,14-15,27H2,1-2H3,(H,28,33,34). The van der Waals surface area contributed by atoms with Gasteiger partial charge in [-0.25, -0.2) is 9.59 Å². The summed E-state index contributed by atoms with van der Waals surface area (Å²) in [5.74, 6) is 0.0897. The lowest BCUT2D eigenvalue weighted by Crippen LogP contribution is -2.38. The zero-order valence-corrected chi connectivity index (χ0v) is 19.7. The minimum absolute atomic E-state index is 0.0163. The number of aromatic amines is 1. The van der Waals surface area contributed by atoms with E-state index in [9.17, 15) is 19.5 Å².